The fourth-order valence-electron chi connectivity index (χ4n) is 2.20. The van der Waals surface area contributed by atoms with Gasteiger partial charge >= 0.3 is 0 Å². The molecule has 1 heterocycles. The van der Waals surface area contributed by atoms with E-state index < -0.39 is 6.04 Å². The number of rotatable bonds is 2. The molecule has 96 valence electrons. The normalized spacial score (nSPS) is 18.9. The van der Waals surface area contributed by atoms with Crippen LogP contribution < -0.4 is 5.32 Å². The average Bonchev–Trinajstić information content (AvgIpc) is 2.62. The van der Waals surface area contributed by atoms with Gasteiger partial charge in [0.1, 0.15) is 11.9 Å². The number of benzene rings is 1. The Morgan fingerprint density at radius 1 is 1.39 bits per heavy atom. The van der Waals surface area contributed by atoms with Gasteiger partial charge in [-0.3, -0.25) is 4.90 Å². The molecule has 1 saturated heterocycles. The third kappa shape index (κ3) is 3.08. The van der Waals surface area contributed by atoms with Crippen LogP contribution >= 0.6 is 15.9 Å². The fourth-order valence-corrected chi connectivity index (χ4v) is 2.53. The number of hydrogen-bond donors (Lipinski definition) is 1. The topological polar surface area (TPSA) is 39.1 Å². The summed E-state index contributed by atoms with van der Waals surface area (Å²) in [4.78, 5) is 2.03. The molecule has 1 fully saturated rings. The van der Waals surface area contributed by atoms with E-state index in [4.69, 9.17) is 0 Å². The predicted octanol–water partition coefficient (Wildman–Crippen LogP) is 2.45. The van der Waals surface area contributed by atoms with Crippen molar-refractivity contribution in [2.24, 2.45) is 0 Å². The Labute approximate surface area is 115 Å². The molecule has 0 aliphatic carbocycles. The zero-order valence-corrected chi connectivity index (χ0v) is 11.6. The van der Waals surface area contributed by atoms with Crippen LogP contribution in [0.3, 0.4) is 0 Å². The van der Waals surface area contributed by atoms with Crippen LogP contribution in [0.1, 0.15) is 18.0 Å². The van der Waals surface area contributed by atoms with Crippen LogP contribution in [0.2, 0.25) is 0 Å². The summed E-state index contributed by atoms with van der Waals surface area (Å²) in [5, 5.41) is 12.6. The van der Waals surface area contributed by atoms with Crippen molar-refractivity contribution in [1.82, 2.24) is 10.2 Å². The summed E-state index contributed by atoms with van der Waals surface area (Å²) in [7, 11) is 0. The monoisotopic (exact) mass is 311 g/mol. The van der Waals surface area contributed by atoms with E-state index in [0.29, 0.717) is 10.0 Å². The van der Waals surface area contributed by atoms with Gasteiger partial charge in [-0.05, 0) is 25.1 Å². The summed E-state index contributed by atoms with van der Waals surface area (Å²) in [6.45, 7) is 3.39. The van der Waals surface area contributed by atoms with E-state index in [-0.39, 0.29) is 5.82 Å². The minimum atomic E-state index is -0.502. The van der Waals surface area contributed by atoms with Crippen LogP contribution in [-0.2, 0) is 0 Å². The molecule has 0 saturated carbocycles. The third-order valence-electron chi connectivity index (χ3n) is 3.12. The van der Waals surface area contributed by atoms with Crippen LogP contribution in [0.4, 0.5) is 4.39 Å². The molecule has 0 bridgehead atoms. The Balaban J connectivity index is 2.24. The highest BCUT2D eigenvalue weighted by Gasteiger charge is 2.23. The molecule has 1 unspecified atom stereocenters. The lowest BCUT2D eigenvalue weighted by molar-refractivity contribution is 0.248. The highest BCUT2D eigenvalue weighted by Crippen LogP contribution is 2.25. The Bertz CT molecular complexity index is 450. The molecule has 1 aliphatic rings. The minimum absolute atomic E-state index is 0.326. The van der Waals surface area contributed by atoms with Crippen molar-refractivity contribution in [3.05, 3.63) is 34.1 Å². The van der Waals surface area contributed by atoms with Gasteiger partial charge in [0.15, 0.2) is 0 Å². The third-order valence-corrected chi connectivity index (χ3v) is 3.61. The van der Waals surface area contributed by atoms with E-state index in [1.54, 1.807) is 12.1 Å². The first-order valence-electron chi connectivity index (χ1n) is 6.01. The number of nitrogens with one attached hydrogen (secondary N) is 1. The van der Waals surface area contributed by atoms with Gasteiger partial charge in [-0.2, -0.15) is 5.26 Å². The zero-order valence-electron chi connectivity index (χ0n) is 10.00. The molecular weight excluding hydrogens is 297 g/mol. The van der Waals surface area contributed by atoms with Gasteiger partial charge in [0, 0.05) is 29.7 Å². The first kappa shape index (κ1) is 13.5. The molecule has 1 aliphatic heterocycles. The second-order valence-corrected chi connectivity index (χ2v) is 5.25. The van der Waals surface area contributed by atoms with Gasteiger partial charge in [0.05, 0.1) is 6.07 Å². The van der Waals surface area contributed by atoms with Crippen molar-refractivity contribution in [3.8, 4) is 6.07 Å². The van der Waals surface area contributed by atoms with Gasteiger partial charge in [0.25, 0.3) is 0 Å². The van der Waals surface area contributed by atoms with E-state index in [0.717, 1.165) is 32.6 Å². The van der Waals surface area contributed by atoms with Gasteiger partial charge in [-0.25, -0.2) is 4.39 Å². The second-order valence-electron chi connectivity index (χ2n) is 4.34. The molecule has 0 aromatic heterocycles. The number of hydrogen-bond acceptors (Lipinski definition) is 3. The lowest BCUT2D eigenvalue weighted by atomic mass is 10.1. The fraction of sp³-hybridized carbons (Fsp3) is 0.462. The Morgan fingerprint density at radius 2 is 2.22 bits per heavy atom. The van der Waals surface area contributed by atoms with Gasteiger partial charge < -0.3 is 5.32 Å². The number of halogens is 2. The van der Waals surface area contributed by atoms with Crippen molar-refractivity contribution in [3.63, 3.8) is 0 Å². The summed E-state index contributed by atoms with van der Waals surface area (Å²) in [6, 6.07) is 6.59. The van der Waals surface area contributed by atoms with Crippen molar-refractivity contribution in [1.29, 1.82) is 5.26 Å². The smallest absolute Gasteiger partial charge is 0.130 e. The summed E-state index contributed by atoms with van der Waals surface area (Å²) in [5.74, 6) is -0.326. The Hall–Kier alpha value is -0.960. The summed E-state index contributed by atoms with van der Waals surface area (Å²) >= 11 is 3.23. The molecule has 0 amide bonds. The van der Waals surface area contributed by atoms with Gasteiger partial charge in [-0.1, -0.05) is 22.0 Å². The molecule has 1 N–H and O–H groups in total. The zero-order chi connectivity index (χ0) is 13.0. The molecule has 3 nitrogen and oxygen atoms in total. The van der Waals surface area contributed by atoms with Crippen LogP contribution in [0.25, 0.3) is 0 Å². The molecule has 0 spiro atoms. The van der Waals surface area contributed by atoms with Gasteiger partial charge in [0.2, 0.25) is 0 Å². The number of nitriles is 1. The molecular formula is C13H15BrFN3. The summed E-state index contributed by atoms with van der Waals surface area (Å²) < 4.78 is 14.6. The summed E-state index contributed by atoms with van der Waals surface area (Å²) in [5.41, 5.74) is 0.461. The number of nitrogens with zero attached hydrogens (tertiary/aromatic N) is 2. The molecule has 1 atom stereocenters. The Morgan fingerprint density at radius 3 is 2.94 bits per heavy atom. The standard InChI is InChI=1S/C13H15BrFN3/c14-10-2-3-11(12(15)8-10)13(9-16)18-6-1-4-17-5-7-18/h2-3,8,13,17H,1,4-7H2. The highest BCUT2D eigenvalue weighted by molar-refractivity contribution is 9.10. The van der Waals surface area contributed by atoms with E-state index in [1.165, 1.54) is 6.07 Å². The van der Waals surface area contributed by atoms with E-state index in [1.807, 2.05) is 4.90 Å². The Kier molecular flexibility index (Phi) is 4.70. The van der Waals surface area contributed by atoms with Gasteiger partial charge in [-0.15, -0.1) is 0 Å². The molecule has 1 aromatic rings. The second kappa shape index (κ2) is 6.28. The van der Waals surface area contributed by atoms with Crippen molar-refractivity contribution >= 4 is 15.9 Å². The maximum Gasteiger partial charge on any atom is 0.130 e. The molecule has 18 heavy (non-hydrogen) atoms. The largest absolute Gasteiger partial charge is 0.315 e. The predicted molar refractivity (Wildman–Crippen MR) is 71.5 cm³/mol. The maximum atomic E-state index is 13.9. The first-order valence-corrected chi connectivity index (χ1v) is 6.81. The van der Waals surface area contributed by atoms with Crippen LogP contribution in [0, 0.1) is 17.1 Å². The molecule has 5 heteroatoms. The van der Waals surface area contributed by atoms with E-state index >= 15 is 0 Å². The van der Waals surface area contributed by atoms with Crippen molar-refractivity contribution in [2.75, 3.05) is 26.2 Å². The van der Waals surface area contributed by atoms with E-state index in [2.05, 4.69) is 27.3 Å². The SMILES string of the molecule is N#CC(c1ccc(Br)cc1F)N1CCCNCC1. The van der Waals surface area contributed by atoms with Crippen molar-refractivity contribution < 1.29 is 4.39 Å². The van der Waals surface area contributed by atoms with Crippen LogP contribution in [0.15, 0.2) is 22.7 Å². The average molecular weight is 312 g/mol. The minimum Gasteiger partial charge on any atom is -0.315 e. The molecule has 0 radical (unpaired) electrons. The van der Waals surface area contributed by atoms with Crippen LogP contribution in [-0.4, -0.2) is 31.1 Å². The quantitative estimate of drug-likeness (QED) is 0.912. The first-order chi connectivity index (χ1) is 8.72. The molecule has 1 aromatic carbocycles. The van der Waals surface area contributed by atoms with Crippen LogP contribution in [0.5, 0.6) is 0 Å². The summed E-state index contributed by atoms with van der Waals surface area (Å²) in [6.07, 6.45) is 0.982. The van der Waals surface area contributed by atoms with E-state index in [9.17, 15) is 9.65 Å². The lowest BCUT2D eigenvalue weighted by Gasteiger charge is -2.25. The lowest BCUT2D eigenvalue weighted by Crippen LogP contribution is -2.32. The van der Waals surface area contributed by atoms with Crippen molar-refractivity contribution in [2.45, 2.75) is 12.5 Å². The molecule has 2 rings (SSSR count). The maximum absolute atomic E-state index is 13.9. The highest BCUT2D eigenvalue weighted by atomic mass is 79.9.